The largest absolute Gasteiger partial charge is 0.391 e. The highest BCUT2D eigenvalue weighted by atomic mass is 32.2. The molecule has 2 nitrogen and oxygen atoms in total. The van der Waals surface area contributed by atoms with Crippen molar-refractivity contribution < 1.29 is 10.2 Å². The third kappa shape index (κ3) is 5.55. The quantitative estimate of drug-likeness (QED) is 0.712. The summed E-state index contributed by atoms with van der Waals surface area (Å²) in [4.78, 5) is 1.30. The molecule has 2 N–H and O–H groups in total. The van der Waals surface area contributed by atoms with Crippen LogP contribution in [0.4, 0.5) is 0 Å². The van der Waals surface area contributed by atoms with Crippen molar-refractivity contribution >= 4 is 11.8 Å². The first-order chi connectivity index (χ1) is 9.08. The van der Waals surface area contributed by atoms with E-state index >= 15 is 0 Å². The maximum absolute atomic E-state index is 9.81. The van der Waals surface area contributed by atoms with Gasteiger partial charge in [-0.05, 0) is 55.6 Å². The average molecular weight is 282 g/mol. The summed E-state index contributed by atoms with van der Waals surface area (Å²) in [6, 6.07) is 8.63. The predicted octanol–water partition coefficient (Wildman–Crippen LogP) is 3.81. The Morgan fingerprint density at radius 1 is 1.11 bits per heavy atom. The molecule has 0 spiro atoms. The molecule has 3 heteroatoms. The first kappa shape index (κ1) is 16.5. The maximum Gasteiger partial charge on any atom is 0.0802 e. The average Bonchev–Trinajstić information content (AvgIpc) is 2.42. The van der Waals surface area contributed by atoms with Crippen molar-refractivity contribution in [2.24, 2.45) is 0 Å². The van der Waals surface area contributed by atoms with E-state index in [0.29, 0.717) is 12.3 Å². The van der Waals surface area contributed by atoms with Crippen molar-refractivity contribution in [1.29, 1.82) is 0 Å². The standard InChI is InChI=1S/C16H26O2S/c1-4-10-19-15-8-6-14(7-9-15)13(5-2)11-16(18)12(3)17/h6-9,12-13,16-18H,4-5,10-11H2,1-3H3. The van der Waals surface area contributed by atoms with Crippen molar-refractivity contribution in [3.05, 3.63) is 29.8 Å². The molecule has 0 fully saturated rings. The summed E-state index contributed by atoms with van der Waals surface area (Å²) in [5.74, 6) is 1.46. The first-order valence-electron chi connectivity index (χ1n) is 7.17. The van der Waals surface area contributed by atoms with Crippen LogP contribution in [-0.2, 0) is 0 Å². The fourth-order valence-electron chi connectivity index (χ4n) is 2.08. The molecule has 0 saturated heterocycles. The second-order valence-electron chi connectivity index (χ2n) is 5.07. The summed E-state index contributed by atoms with van der Waals surface area (Å²) in [6.07, 6.45) is 1.48. The lowest BCUT2D eigenvalue weighted by molar-refractivity contribution is 0.0215. The normalized spacial score (nSPS) is 16.1. The van der Waals surface area contributed by atoms with E-state index in [2.05, 4.69) is 38.1 Å². The highest BCUT2D eigenvalue weighted by molar-refractivity contribution is 7.99. The predicted molar refractivity (Wildman–Crippen MR) is 82.8 cm³/mol. The molecule has 0 amide bonds. The summed E-state index contributed by atoms with van der Waals surface area (Å²) in [5, 5.41) is 19.2. The Labute approximate surface area is 121 Å². The number of aliphatic hydroxyl groups is 2. The smallest absolute Gasteiger partial charge is 0.0802 e. The minimum atomic E-state index is -0.659. The minimum Gasteiger partial charge on any atom is -0.391 e. The van der Waals surface area contributed by atoms with Gasteiger partial charge in [0.15, 0.2) is 0 Å². The van der Waals surface area contributed by atoms with Crippen LogP contribution in [0.1, 0.15) is 51.5 Å². The Hall–Kier alpha value is -0.510. The number of benzene rings is 1. The zero-order valence-corrected chi connectivity index (χ0v) is 13.0. The lowest BCUT2D eigenvalue weighted by Crippen LogP contribution is -2.24. The van der Waals surface area contributed by atoms with Crippen molar-refractivity contribution in [3.8, 4) is 0 Å². The molecule has 1 aromatic rings. The summed E-state index contributed by atoms with van der Waals surface area (Å²) in [5.41, 5.74) is 1.25. The van der Waals surface area contributed by atoms with Crippen LogP contribution >= 0.6 is 11.8 Å². The lowest BCUT2D eigenvalue weighted by Gasteiger charge is -2.21. The van der Waals surface area contributed by atoms with Crippen LogP contribution in [0.15, 0.2) is 29.2 Å². The molecular weight excluding hydrogens is 256 g/mol. The molecule has 0 heterocycles. The Morgan fingerprint density at radius 2 is 1.74 bits per heavy atom. The van der Waals surface area contributed by atoms with Crippen LogP contribution in [0.25, 0.3) is 0 Å². The monoisotopic (exact) mass is 282 g/mol. The zero-order valence-electron chi connectivity index (χ0n) is 12.2. The molecule has 0 bridgehead atoms. The molecule has 3 atom stereocenters. The summed E-state index contributed by atoms with van der Waals surface area (Å²) >= 11 is 1.88. The van der Waals surface area contributed by atoms with Crippen LogP contribution < -0.4 is 0 Å². The number of thioether (sulfide) groups is 1. The van der Waals surface area contributed by atoms with Gasteiger partial charge in [0.2, 0.25) is 0 Å². The second kappa shape index (κ2) is 8.62. The van der Waals surface area contributed by atoms with Gasteiger partial charge in [0, 0.05) is 4.90 Å². The minimum absolute atomic E-state index is 0.315. The second-order valence-corrected chi connectivity index (χ2v) is 6.23. The van der Waals surface area contributed by atoms with Gasteiger partial charge in [-0.1, -0.05) is 26.0 Å². The SMILES string of the molecule is CCCSc1ccc(C(CC)CC(O)C(C)O)cc1. The number of hydrogen-bond donors (Lipinski definition) is 2. The van der Waals surface area contributed by atoms with E-state index in [1.807, 2.05) is 11.8 Å². The Bertz CT molecular complexity index is 348. The van der Waals surface area contributed by atoms with Gasteiger partial charge >= 0.3 is 0 Å². The molecule has 1 aromatic carbocycles. The first-order valence-corrected chi connectivity index (χ1v) is 8.15. The summed E-state index contributed by atoms with van der Waals surface area (Å²) < 4.78 is 0. The van der Waals surface area contributed by atoms with E-state index in [-0.39, 0.29) is 0 Å². The van der Waals surface area contributed by atoms with Crippen LogP contribution in [-0.4, -0.2) is 28.2 Å². The molecule has 19 heavy (non-hydrogen) atoms. The van der Waals surface area contributed by atoms with Crippen LogP contribution in [0.5, 0.6) is 0 Å². The van der Waals surface area contributed by atoms with Crippen LogP contribution in [0.2, 0.25) is 0 Å². The van der Waals surface area contributed by atoms with E-state index in [9.17, 15) is 10.2 Å². The van der Waals surface area contributed by atoms with Crippen molar-refractivity contribution in [3.63, 3.8) is 0 Å². The molecule has 0 aliphatic rings. The molecule has 0 aliphatic heterocycles. The molecule has 108 valence electrons. The van der Waals surface area contributed by atoms with Gasteiger partial charge in [-0.25, -0.2) is 0 Å². The third-order valence-electron chi connectivity index (χ3n) is 3.40. The van der Waals surface area contributed by atoms with Crippen LogP contribution in [0, 0.1) is 0 Å². The van der Waals surface area contributed by atoms with E-state index in [1.165, 1.54) is 16.9 Å². The van der Waals surface area contributed by atoms with Gasteiger partial charge in [-0.3, -0.25) is 0 Å². The summed E-state index contributed by atoms with van der Waals surface area (Å²) in [6.45, 7) is 5.95. The molecule has 3 unspecified atom stereocenters. The van der Waals surface area contributed by atoms with E-state index in [1.54, 1.807) is 6.92 Å². The van der Waals surface area contributed by atoms with Gasteiger partial charge in [0.1, 0.15) is 0 Å². The van der Waals surface area contributed by atoms with E-state index in [0.717, 1.165) is 12.2 Å². The Morgan fingerprint density at radius 3 is 2.21 bits per heavy atom. The van der Waals surface area contributed by atoms with E-state index in [4.69, 9.17) is 0 Å². The molecular formula is C16H26O2S. The highest BCUT2D eigenvalue weighted by Gasteiger charge is 2.18. The van der Waals surface area contributed by atoms with Gasteiger partial charge in [-0.15, -0.1) is 11.8 Å². The Kier molecular flexibility index (Phi) is 7.51. The molecule has 0 radical (unpaired) electrons. The Balaban J connectivity index is 2.65. The summed E-state index contributed by atoms with van der Waals surface area (Å²) in [7, 11) is 0. The third-order valence-corrected chi connectivity index (χ3v) is 4.62. The van der Waals surface area contributed by atoms with Crippen molar-refractivity contribution in [1.82, 2.24) is 0 Å². The number of aliphatic hydroxyl groups excluding tert-OH is 2. The van der Waals surface area contributed by atoms with Gasteiger partial charge in [0.05, 0.1) is 12.2 Å². The fraction of sp³-hybridized carbons (Fsp3) is 0.625. The fourth-order valence-corrected chi connectivity index (χ4v) is 2.85. The van der Waals surface area contributed by atoms with Crippen molar-refractivity contribution in [2.75, 3.05) is 5.75 Å². The maximum atomic E-state index is 9.81. The van der Waals surface area contributed by atoms with Gasteiger partial charge in [-0.2, -0.15) is 0 Å². The topological polar surface area (TPSA) is 40.5 Å². The molecule has 0 aliphatic carbocycles. The number of rotatable bonds is 8. The van der Waals surface area contributed by atoms with E-state index < -0.39 is 12.2 Å². The molecule has 1 rings (SSSR count). The highest BCUT2D eigenvalue weighted by Crippen LogP contribution is 2.28. The van der Waals surface area contributed by atoms with Crippen molar-refractivity contribution in [2.45, 2.75) is 63.1 Å². The molecule has 0 saturated carbocycles. The lowest BCUT2D eigenvalue weighted by atomic mass is 9.90. The van der Waals surface area contributed by atoms with Gasteiger partial charge < -0.3 is 10.2 Å². The number of hydrogen-bond acceptors (Lipinski definition) is 3. The molecule has 0 aromatic heterocycles. The van der Waals surface area contributed by atoms with Gasteiger partial charge in [0.25, 0.3) is 0 Å². The zero-order chi connectivity index (χ0) is 14.3. The van der Waals surface area contributed by atoms with Crippen LogP contribution in [0.3, 0.4) is 0 Å².